The first-order chi connectivity index (χ1) is 10.9. The number of hydrogen-bond acceptors (Lipinski definition) is 4. The van der Waals surface area contributed by atoms with E-state index in [2.05, 4.69) is 0 Å². The van der Waals surface area contributed by atoms with Crippen LogP contribution in [0.1, 0.15) is 23.3 Å². The van der Waals surface area contributed by atoms with Crippen molar-refractivity contribution in [3.05, 3.63) is 65.7 Å². The first-order valence-electron chi connectivity index (χ1n) is 7.53. The number of benzene rings is 2. The monoisotopic (exact) mass is 334 g/mol. The predicted octanol–water partition coefficient (Wildman–Crippen LogP) is 2.91. The summed E-state index contributed by atoms with van der Waals surface area (Å²) < 4.78 is 30.3. The number of rotatable bonds is 7. The molecular weight excluding hydrogens is 312 g/mol. The van der Waals surface area contributed by atoms with Crippen LogP contribution in [-0.2, 0) is 9.84 Å². The first-order valence-corrected chi connectivity index (χ1v) is 9.24. The standard InChI is InChI=1S/C18H22O4S/c1-14-8-6-7-11-18(14)22-12-17(19)13-23(20,21)15(2)16-9-4-3-5-10-16/h3-11,15,17,19H,12-13H2,1-2H3. The molecule has 0 fully saturated rings. The van der Waals surface area contributed by atoms with Crippen LogP contribution < -0.4 is 4.74 Å². The number of para-hydroxylation sites is 1. The van der Waals surface area contributed by atoms with E-state index in [9.17, 15) is 13.5 Å². The second-order valence-corrected chi connectivity index (χ2v) is 7.98. The van der Waals surface area contributed by atoms with E-state index in [0.29, 0.717) is 5.75 Å². The van der Waals surface area contributed by atoms with E-state index in [1.54, 1.807) is 37.3 Å². The van der Waals surface area contributed by atoms with Gasteiger partial charge in [0.2, 0.25) is 0 Å². The number of aliphatic hydroxyl groups is 1. The highest BCUT2D eigenvalue weighted by atomic mass is 32.2. The van der Waals surface area contributed by atoms with Gasteiger partial charge in [-0.3, -0.25) is 0 Å². The van der Waals surface area contributed by atoms with Crippen LogP contribution in [0.2, 0.25) is 0 Å². The van der Waals surface area contributed by atoms with Crippen LogP contribution in [0.3, 0.4) is 0 Å². The molecule has 0 aliphatic rings. The maximum atomic E-state index is 12.4. The molecule has 2 aromatic carbocycles. The topological polar surface area (TPSA) is 63.6 Å². The lowest BCUT2D eigenvalue weighted by molar-refractivity contribution is 0.124. The Morgan fingerprint density at radius 2 is 1.65 bits per heavy atom. The Labute approximate surface area is 137 Å². The smallest absolute Gasteiger partial charge is 0.159 e. The second-order valence-electron chi connectivity index (χ2n) is 5.61. The average molecular weight is 334 g/mol. The molecule has 0 aliphatic heterocycles. The van der Waals surface area contributed by atoms with Gasteiger partial charge in [0.05, 0.1) is 11.0 Å². The van der Waals surface area contributed by atoms with E-state index < -0.39 is 21.2 Å². The quantitative estimate of drug-likeness (QED) is 0.845. The highest BCUT2D eigenvalue weighted by Crippen LogP contribution is 2.23. The zero-order valence-corrected chi connectivity index (χ0v) is 14.2. The summed E-state index contributed by atoms with van der Waals surface area (Å²) >= 11 is 0. The number of hydrogen-bond donors (Lipinski definition) is 1. The molecule has 0 bridgehead atoms. The Hall–Kier alpha value is -1.85. The molecule has 0 saturated carbocycles. The summed E-state index contributed by atoms with van der Waals surface area (Å²) in [5, 5.41) is 9.37. The summed E-state index contributed by atoms with van der Waals surface area (Å²) in [6.07, 6.45) is -1.06. The normalized spacial score (nSPS) is 14.2. The molecule has 2 rings (SSSR count). The molecule has 2 aromatic rings. The minimum Gasteiger partial charge on any atom is -0.491 e. The third-order valence-corrected chi connectivity index (χ3v) is 5.96. The van der Waals surface area contributed by atoms with E-state index in [1.807, 2.05) is 31.2 Å². The lowest BCUT2D eigenvalue weighted by Gasteiger charge is -2.17. The molecule has 2 atom stereocenters. The van der Waals surface area contributed by atoms with Gasteiger partial charge in [-0.25, -0.2) is 8.42 Å². The molecule has 0 aliphatic carbocycles. The zero-order valence-electron chi connectivity index (χ0n) is 13.3. The van der Waals surface area contributed by atoms with Crippen molar-refractivity contribution in [3.63, 3.8) is 0 Å². The first kappa shape index (κ1) is 17.5. The van der Waals surface area contributed by atoms with E-state index in [1.165, 1.54) is 0 Å². The van der Waals surface area contributed by atoms with Crippen LogP contribution in [-0.4, -0.2) is 32.0 Å². The van der Waals surface area contributed by atoms with Crippen molar-refractivity contribution >= 4 is 9.84 Å². The van der Waals surface area contributed by atoms with Crippen molar-refractivity contribution in [1.82, 2.24) is 0 Å². The molecule has 0 saturated heterocycles. The van der Waals surface area contributed by atoms with Gasteiger partial charge in [0, 0.05) is 0 Å². The van der Waals surface area contributed by atoms with Gasteiger partial charge in [0.1, 0.15) is 18.5 Å². The van der Waals surface area contributed by atoms with Gasteiger partial charge in [-0.2, -0.15) is 0 Å². The molecule has 2 unspecified atom stereocenters. The zero-order chi connectivity index (χ0) is 16.9. The van der Waals surface area contributed by atoms with Crippen molar-refractivity contribution in [2.75, 3.05) is 12.4 Å². The van der Waals surface area contributed by atoms with Crippen LogP contribution in [0.5, 0.6) is 5.75 Å². The summed E-state index contributed by atoms with van der Waals surface area (Å²) in [6.45, 7) is 3.49. The number of ether oxygens (including phenoxy) is 1. The Morgan fingerprint density at radius 1 is 1.04 bits per heavy atom. The van der Waals surface area contributed by atoms with E-state index in [4.69, 9.17) is 4.74 Å². The molecule has 4 nitrogen and oxygen atoms in total. The van der Waals surface area contributed by atoms with Gasteiger partial charge in [-0.05, 0) is 31.0 Å². The molecule has 0 amide bonds. The predicted molar refractivity (Wildman–Crippen MR) is 91.3 cm³/mol. The van der Waals surface area contributed by atoms with Crippen molar-refractivity contribution < 1.29 is 18.3 Å². The summed E-state index contributed by atoms with van der Waals surface area (Å²) in [4.78, 5) is 0. The molecular formula is C18H22O4S. The lowest BCUT2D eigenvalue weighted by atomic mass is 10.2. The molecule has 0 spiro atoms. The summed E-state index contributed by atoms with van der Waals surface area (Å²) in [5.41, 5.74) is 1.67. The molecule has 124 valence electrons. The number of aliphatic hydroxyl groups excluding tert-OH is 1. The van der Waals surface area contributed by atoms with Crippen LogP contribution in [0.25, 0.3) is 0 Å². The second kappa shape index (κ2) is 7.62. The lowest BCUT2D eigenvalue weighted by Crippen LogP contribution is -2.29. The van der Waals surface area contributed by atoms with Gasteiger partial charge in [0.25, 0.3) is 0 Å². The van der Waals surface area contributed by atoms with Crippen molar-refractivity contribution in [1.29, 1.82) is 0 Å². The average Bonchev–Trinajstić information content (AvgIpc) is 2.54. The van der Waals surface area contributed by atoms with Crippen LogP contribution in [0, 0.1) is 6.92 Å². The minimum atomic E-state index is -3.46. The largest absolute Gasteiger partial charge is 0.491 e. The Bertz CT molecular complexity index is 726. The molecule has 0 radical (unpaired) electrons. The third-order valence-electron chi connectivity index (χ3n) is 3.76. The minimum absolute atomic E-state index is 0.0500. The van der Waals surface area contributed by atoms with E-state index in [-0.39, 0.29) is 12.4 Å². The summed E-state index contributed by atoms with van der Waals surface area (Å²) in [5.74, 6) is 0.328. The van der Waals surface area contributed by atoms with Gasteiger partial charge >= 0.3 is 0 Å². The molecule has 0 heterocycles. The number of aryl methyl sites for hydroxylation is 1. The SMILES string of the molecule is Cc1ccccc1OCC(O)CS(=O)(=O)C(C)c1ccccc1. The van der Waals surface area contributed by atoms with Gasteiger partial charge in [-0.1, -0.05) is 48.5 Å². The fourth-order valence-electron chi connectivity index (χ4n) is 2.30. The van der Waals surface area contributed by atoms with Gasteiger partial charge in [-0.15, -0.1) is 0 Å². The molecule has 23 heavy (non-hydrogen) atoms. The highest BCUT2D eigenvalue weighted by molar-refractivity contribution is 7.91. The summed E-state index contributed by atoms with van der Waals surface area (Å²) in [6, 6.07) is 16.4. The molecule has 0 aromatic heterocycles. The number of sulfone groups is 1. The Balaban J connectivity index is 1.96. The maximum absolute atomic E-state index is 12.4. The van der Waals surface area contributed by atoms with Crippen molar-refractivity contribution in [2.24, 2.45) is 0 Å². The fraction of sp³-hybridized carbons (Fsp3) is 0.333. The summed E-state index contributed by atoms with van der Waals surface area (Å²) in [7, 11) is -3.46. The van der Waals surface area contributed by atoms with Gasteiger partial charge < -0.3 is 9.84 Å². The van der Waals surface area contributed by atoms with Gasteiger partial charge in [0.15, 0.2) is 9.84 Å². The Kier molecular flexibility index (Phi) is 5.80. The van der Waals surface area contributed by atoms with Crippen LogP contribution >= 0.6 is 0 Å². The third kappa shape index (κ3) is 4.81. The van der Waals surface area contributed by atoms with Crippen LogP contribution in [0.15, 0.2) is 54.6 Å². The van der Waals surface area contributed by atoms with E-state index in [0.717, 1.165) is 11.1 Å². The fourth-order valence-corrected chi connectivity index (χ4v) is 3.79. The molecule has 5 heteroatoms. The molecule has 1 N–H and O–H groups in total. The van der Waals surface area contributed by atoms with Crippen molar-refractivity contribution in [3.8, 4) is 5.75 Å². The van der Waals surface area contributed by atoms with Crippen molar-refractivity contribution in [2.45, 2.75) is 25.2 Å². The van der Waals surface area contributed by atoms with Crippen LogP contribution in [0.4, 0.5) is 0 Å². The highest BCUT2D eigenvalue weighted by Gasteiger charge is 2.26. The Morgan fingerprint density at radius 3 is 2.30 bits per heavy atom. The maximum Gasteiger partial charge on any atom is 0.159 e. The van der Waals surface area contributed by atoms with E-state index >= 15 is 0 Å².